The Morgan fingerprint density at radius 1 is 0.893 bits per heavy atom. The summed E-state index contributed by atoms with van der Waals surface area (Å²) in [7, 11) is -7.23. The van der Waals surface area contributed by atoms with Gasteiger partial charge in [0.15, 0.2) is 23.8 Å². The number of hydrogen-bond donors (Lipinski definition) is 9. The third-order valence-electron chi connectivity index (χ3n) is 10.7. The number of unbranched alkanes of at least 4 members (excludes halogenated alkanes) is 1. The number of nitrogen functional groups attached to an aromatic ring is 2. The van der Waals surface area contributed by atoms with E-state index >= 15 is 0 Å². The Balaban J connectivity index is 1.35. The molecule has 2 aliphatic heterocycles. The van der Waals surface area contributed by atoms with Crippen LogP contribution in [-0.2, 0) is 51.2 Å². The molecule has 0 aromatic carbocycles. The fourth-order valence-corrected chi connectivity index (χ4v) is 11.4. The first-order valence-electron chi connectivity index (χ1n) is 23.6. The number of rotatable bonds is 23. The standard InChI is InChI=1S/C42H69N11O18P2S2/c1-40(2,3)69-38(57)49-23(13-11-10-12-22(43)24(19-74-75-42(7,8)9)50-39(58)70-41(4,5)6)36(55)68-32-27(67-35(31(32)54)53-21-48-30-33(45)46-20-47-34(30)53)18-65-73(62,63)71-25-16-29(52-15-14-28(44)51-37(52)56)66-26(25)17-64-72(59,60)61/h14-15,20-27,29,31-32,35,54H,10-13,16-19,43H2,1-9H3,(H,49,57)(H,50,58)(H,62,63)(H2,44,51,56)(H2,45,46,47)(H2,59,60,61)/t22?,23?,24-,25-,26+,27-,29+,31+,32+,35+/m0/s1. The largest absolute Gasteiger partial charge is 0.472 e. The maximum Gasteiger partial charge on any atom is 0.472 e. The van der Waals surface area contributed by atoms with Gasteiger partial charge in [0.25, 0.3) is 0 Å². The molecule has 0 radical (unpaired) electrons. The van der Waals surface area contributed by atoms with E-state index in [1.807, 2.05) is 0 Å². The van der Waals surface area contributed by atoms with Gasteiger partial charge in [0.05, 0.1) is 25.6 Å². The molecule has 5 heterocycles. The van der Waals surface area contributed by atoms with Crippen LogP contribution in [-0.4, -0.2) is 151 Å². The SMILES string of the molecule is CC(C)(C)OC(=O)NC(CCCCC(N)[C@H](CSSC(C)(C)C)NC(=O)OC(C)(C)C)C(=O)O[C@H]1[C@@H](O)[C@H](n2cnc3c(N)ncnc32)O[C@H]1COP(=O)(O)O[C@H]1C[C@H](n2ccc(N)nc2=O)O[C@@H]1COP(=O)(O)O. The number of imidazole rings is 1. The molecular weight excluding hydrogens is 1070 g/mol. The Kier molecular flexibility index (Phi) is 21.0. The zero-order valence-corrected chi connectivity index (χ0v) is 46.3. The monoisotopic (exact) mass is 1140 g/mol. The van der Waals surface area contributed by atoms with Crippen LogP contribution in [0.4, 0.5) is 21.2 Å². The van der Waals surface area contributed by atoms with Crippen LogP contribution in [0.25, 0.3) is 11.2 Å². The number of aliphatic hydroxyl groups is 1. The minimum atomic E-state index is -5.29. The van der Waals surface area contributed by atoms with Crippen molar-refractivity contribution in [1.82, 2.24) is 39.7 Å². The molecule has 0 bridgehead atoms. The molecule has 2 saturated heterocycles. The third kappa shape index (κ3) is 19.3. The van der Waals surface area contributed by atoms with Crippen molar-refractivity contribution in [1.29, 1.82) is 0 Å². The molecule has 12 N–H and O–H groups in total. The molecule has 0 spiro atoms. The number of nitrogens with two attached hydrogens (primary N) is 3. The molecule has 75 heavy (non-hydrogen) atoms. The number of fused-ring (bicyclic) bond motifs is 1. The zero-order chi connectivity index (χ0) is 55.8. The highest BCUT2D eigenvalue weighted by molar-refractivity contribution is 8.77. The fourth-order valence-electron chi connectivity index (χ4n) is 7.46. The van der Waals surface area contributed by atoms with Gasteiger partial charge in [0.1, 0.15) is 65.5 Å². The lowest BCUT2D eigenvalue weighted by molar-refractivity contribution is -0.159. The molecule has 2 amide bonds. The maximum atomic E-state index is 14.3. The number of ether oxygens (including phenoxy) is 5. The average Bonchev–Trinajstić information content (AvgIpc) is 3.96. The quantitative estimate of drug-likeness (QED) is 0.0216. The molecule has 0 aliphatic carbocycles. The van der Waals surface area contributed by atoms with E-state index in [2.05, 4.69) is 55.9 Å². The molecule has 3 unspecified atom stereocenters. The fraction of sp³-hybridized carbons (Fsp3) is 0.714. The van der Waals surface area contributed by atoms with Crippen LogP contribution < -0.4 is 33.5 Å². The van der Waals surface area contributed by atoms with Gasteiger partial charge in [-0.15, -0.1) is 0 Å². The molecule has 29 nitrogen and oxygen atoms in total. The summed E-state index contributed by atoms with van der Waals surface area (Å²) < 4.78 is 71.7. The summed E-state index contributed by atoms with van der Waals surface area (Å²) in [6.45, 7) is 14.5. The van der Waals surface area contributed by atoms with Gasteiger partial charge >= 0.3 is 39.5 Å². The summed E-state index contributed by atoms with van der Waals surface area (Å²) in [5.41, 5.74) is 15.9. The molecular formula is C42H69N11O18P2S2. The van der Waals surface area contributed by atoms with E-state index in [-0.39, 0.29) is 46.8 Å². The van der Waals surface area contributed by atoms with Crippen molar-refractivity contribution < 1.29 is 80.6 Å². The highest BCUT2D eigenvalue weighted by Crippen LogP contribution is 2.50. The van der Waals surface area contributed by atoms with Gasteiger partial charge in [-0.1, -0.05) is 55.2 Å². The number of alkyl carbamates (subject to hydrolysis) is 2. The number of carbonyl (C=O) groups is 3. The summed E-state index contributed by atoms with van der Waals surface area (Å²) in [6.07, 6.45) is -8.21. The van der Waals surface area contributed by atoms with Gasteiger partial charge in [-0.2, -0.15) is 4.98 Å². The molecule has 11 atom stereocenters. The Morgan fingerprint density at radius 2 is 1.53 bits per heavy atom. The van der Waals surface area contributed by atoms with Crippen molar-refractivity contribution in [2.45, 2.75) is 171 Å². The summed E-state index contributed by atoms with van der Waals surface area (Å²) in [4.78, 5) is 98.8. The Bertz CT molecular complexity index is 2590. The molecule has 3 aromatic rings. The van der Waals surface area contributed by atoms with Crippen molar-refractivity contribution in [2.24, 2.45) is 5.73 Å². The second kappa shape index (κ2) is 25.5. The second-order valence-electron chi connectivity index (χ2n) is 20.5. The van der Waals surface area contributed by atoms with E-state index < -0.39 is 125 Å². The Labute approximate surface area is 440 Å². The van der Waals surface area contributed by atoms with E-state index in [1.54, 1.807) is 63.1 Å². The Hall–Kier alpha value is -4.20. The highest BCUT2D eigenvalue weighted by Gasteiger charge is 2.50. The van der Waals surface area contributed by atoms with E-state index in [0.29, 0.717) is 18.6 Å². The van der Waals surface area contributed by atoms with Gasteiger partial charge in [0, 0.05) is 29.2 Å². The molecule has 2 fully saturated rings. The molecule has 3 aromatic heterocycles. The first-order chi connectivity index (χ1) is 34.7. The number of nitrogens with one attached hydrogen (secondary N) is 2. The summed E-state index contributed by atoms with van der Waals surface area (Å²) >= 11 is 0. The van der Waals surface area contributed by atoms with E-state index in [1.165, 1.54) is 23.2 Å². The van der Waals surface area contributed by atoms with E-state index in [0.717, 1.165) is 10.9 Å². The minimum absolute atomic E-state index is 0.0158. The van der Waals surface area contributed by atoms with E-state index in [9.17, 15) is 48.1 Å². The number of amides is 2. The molecule has 422 valence electrons. The molecule has 33 heteroatoms. The van der Waals surface area contributed by atoms with Crippen LogP contribution in [0.3, 0.4) is 0 Å². The van der Waals surface area contributed by atoms with Crippen LogP contribution in [0, 0.1) is 0 Å². The lowest BCUT2D eigenvalue weighted by Gasteiger charge is -2.28. The van der Waals surface area contributed by atoms with Gasteiger partial charge < -0.3 is 71.3 Å². The predicted octanol–water partition coefficient (Wildman–Crippen LogP) is 3.17. The number of carbonyl (C=O) groups excluding carboxylic acids is 3. The first-order valence-corrected chi connectivity index (χ1v) is 28.9. The van der Waals surface area contributed by atoms with Crippen molar-refractivity contribution in [3.05, 3.63) is 35.4 Å². The molecule has 2 aliphatic rings. The maximum absolute atomic E-state index is 14.3. The van der Waals surface area contributed by atoms with Crippen molar-refractivity contribution in [2.75, 3.05) is 30.4 Å². The van der Waals surface area contributed by atoms with Crippen LogP contribution in [0.2, 0.25) is 0 Å². The van der Waals surface area contributed by atoms with Gasteiger partial charge in [-0.3, -0.25) is 22.7 Å². The molecule has 5 rings (SSSR count). The number of phosphoric ester groups is 2. The topological polar surface area (TPSA) is 421 Å². The minimum Gasteiger partial charge on any atom is -0.455 e. The Morgan fingerprint density at radius 3 is 2.16 bits per heavy atom. The van der Waals surface area contributed by atoms with Crippen LogP contribution in [0.1, 0.15) is 107 Å². The second-order valence-corrected chi connectivity index (χ2v) is 26.3. The number of aliphatic hydroxyl groups excluding tert-OH is 1. The summed E-state index contributed by atoms with van der Waals surface area (Å²) in [6, 6.07) is -1.21. The van der Waals surface area contributed by atoms with Gasteiger partial charge in [-0.25, -0.2) is 43.3 Å². The van der Waals surface area contributed by atoms with Crippen LogP contribution in [0.5, 0.6) is 0 Å². The van der Waals surface area contributed by atoms with Crippen LogP contribution in [0.15, 0.2) is 29.7 Å². The zero-order valence-electron chi connectivity index (χ0n) is 42.9. The van der Waals surface area contributed by atoms with Crippen molar-refractivity contribution in [3.63, 3.8) is 0 Å². The van der Waals surface area contributed by atoms with Gasteiger partial charge in [-0.05, 0) is 60.5 Å². The normalized spacial score (nSPS) is 23.5. The van der Waals surface area contributed by atoms with E-state index in [4.69, 9.17) is 49.9 Å². The lowest BCUT2D eigenvalue weighted by Crippen LogP contribution is -2.50. The summed E-state index contributed by atoms with van der Waals surface area (Å²) in [5.74, 6) is -0.757. The number of phosphoric acid groups is 2. The third-order valence-corrected chi connectivity index (χ3v) is 15.5. The number of aromatic nitrogens is 6. The summed E-state index contributed by atoms with van der Waals surface area (Å²) in [5, 5.41) is 17.3. The van der Waals surface area contributed by atoms with Crippen LogP contribution >= 0.6 is 37.2 Å². The first kappa shape index (κ1) is 61.7. The predicted molar refractivity (Wildman–Crippen MR) is 272 cm³/mol. The lowest BCUT2D eigenvalue weighted by atomic mass is 10.0. The molecule has 0 saturated carbocycles. The van der Waals surface area contributed by atoms with Crippen molar-refractivity contribution in [3.8, 4) is 0 Å². The number of esters is 1. The van der Waals surface area contributed by atoms with Gasteiger partial charge in [0.2, 0.25) is 0 Å². The number of nitrogens with zero attached hydrogens (tertiary/aromatic N) is 6. The number of hydrogen-bond acceptors (Lipinski definition) is 24. The number of anilines is 2. The highest BCUT2D eigenvalue weighted by atomic mass is 33.1. The van der Waals surface area contributed by atoms with Crippen molar-refractivity contribution >= 4 is 78.2 Å². The average molecular weight is 1140 g/mol. The smallest absolute Gasteiger partial charge is 0.455 e.